The van der Waals surface area contributed by atoms with Crippen LogP contribution in [0.3, 0.4) is 0 Å². The van der Waals surface area contributed by atoms with E-state index in [0.717, 1.165) is 24.2 Å². The highest BCUT2D eigenvalue weighted by molar-refractivity contribution is 8.14. The molecule has 0 aliphatic heterocycles. The molecule has 0 radical (unpaired) electrons. The Labute approximate surface area is 83.6 Å². The third kappa shape index (κ3) is 3.64. The predicted molar refractivity (Wildman–Crippen MR) is 58.7 cm³/mol. The Morgan fingerprint density at radius 1 is 1.69 bits per heavy atom. The summed E-state index contributed by atoms with van der Waals surface area (Å²) in [7, 11) is 0. The topological polar surface area (TPSA) is 17.1 Å². The average molecular weight is 194 g/mol. The van der Waals surface area contributed by atoms with Crippen molar-refractivity contribution >= 4 is 16.9 Å². The Balaban J connectivity index is 2.38. The standard InChI is InChI=1S/C11H14OS/c1-2-3-9-13-11(12)10-7-5-4-6-8-10/h2-5,7H,6,8-9H2,1H3/b3-2+. The summed E-state index contributed by atoms with van der Waals surface area (Å²) in [6.45, 7) is 1.97. The molecule has 0 amide bonds. The maximum Gasteiger partial charge on any atom is 0.215 e. The molecule has 0 heterocycles. The van der Waals surface area contributed by atoms with Gasteiger partial charge in [-0.1, -0.05) is 42.1 Å². The molecule has 1 nitrogen and oxygen atoms in total. The lowest BCUT2D eigenvalue weighted by atomic mass is 10.1. The first-order valence-corrected chi connectivity index (χ1v) is 5.47. The number of thioether (sulfide) groups is 1. The minimum Gasteiger partial charge on any atom is -0.282 e. The minimum atomic E-state index is 0.224. The van der Waals surface area contributed by atoms with Crippen molar-refractivity contribution in [3.05, 3.63) is 36.0 Å². The van der Waals surface area contributed by atoms with Crippen LogP contribution in [0, 0.1) is 0 Å². The molecule has 0 unspecified atom stereocenters. The van der Waals surface area contributed by atoms with Gasteiger partial charge in [-0.3, -0.25) is 4.79 Å². The molecule has 0 spiro atoms. The Hall–Kier alpha value is -0.760. The Morgan fingerprint density at radius 3 is 3.15 bits per heavy atom. The second kappa shape index (κ2) is 5.81. The van der Waals surface area contributed by atoms with Gasteiger partial charge in [-0.2, -0.15) is 0 Å². The van der Waals surface area contributed by atoms with Crippen LogP contribution >= 0.6 is 11.8 Å². The van der Waals surface area contributed by atoms with Crippen molar-refractivity contribution in [1.29, 1.82) is 0 Å². The van der Waals surface area contributed by atoms with Crippen molar-refractivity contribution in [2.24, 2.45) is 0 Å². The van der Waals surface area contributed by atoms with Gasteiger partial charge in [-0.25, -0.2) is 0 Å². The van der Waals surface area contributed by atoms with Crippen molar-refractivity contribution in [3.8, 4) is 0 Å². The molecule has 0 saturated carbocycles. The molecule has 0 fully saturated rings. The lowest BCUT2D eigenvalue weighted by Gasteiger charge is -2.05. The highest BCUT2D eigenvalue weighted by Gasteiger charge is 2.09. The summed E-state index contributed by atoms with van der Waals surface area (Å²) in [5.41, 5.74) is 0.956. The zero-order chi connectivity index (χ0) is 9.52. The van der Waals surface area contributed by atoms with Gasteiger partial charge in [0.05, 0.1) is 0 Å². The fourth-order valence-electron chi connectivity index (χ4n) is 1.09. The van der Waals surface area contributed by atoms with Crippen molar-refractivity contribution < 1.29 is 4.79 Å². The van der Waals surface area contributed by atoms with Crippen molar-refractivity contribution in [2.75, 3.05) is 5.75 Å². The normalized spacial score (nSPS) is 16.2. The molecule has 70 valence electrons. The average Bonchev–Trinajstić information content (AvgIpc) is 2.19. The summed E-state index contributed by atoms with van der Waals surface area (Å²) in [6.07, 6.45) is 11.9. The molecule has 0 saturated heterocycles. The molecule has 1 aliphatic carbocycles. The Kier molecular flexibility index (Phi) is 4.61. The van der Waals surface area contributed by atoms with E-state index >= 15 is 0 Å². The largest absolute Gasteiger partial charge is 0.282 e. The number of hydrogen-bond donors (Lipinski definition) is 0. The van der Waals surface area contributed by atoms with Crippen LogP contribution < -0.4 is 0 Å². The molecule has 0 bridgehead atoms. The van der Waals surface area contributed by atoms with Gasteiger partial charge < -0.3 is 0 Å². The van der Waals surface area contributed by atoms with Crippen LogP contribution in [0.15, 0.2) is 36.0 Å². The van der Waals surface area contributed by atoms with E-state index in [2.05, 4.69) is 6.08 Å². The third-order valence-corrected chi connectivity index (χ3v) is 2.71. The Morgan fingerprint density at radius 2 is 2.54 bits per heavy atom. The molecule has 0 aromatic rings. The molecule has 2 heteroatoms. The molecule has 0 aromatic carbocycles. The predicted octanol–water partition coefficient (Wildman–Crippen LogP) is 3.10. The molecule has 13 heavy (non-hydrogen) atoms. The van der Waals surface area contributed by atoms with Gasteiger partial charge in [-0.15, -0.1) is 0 Å². The third-order valence-electron chi connectivity index (χ3n) is 1.82. The van der Waals surface area contributed by atoms with E-state index in [-0.39, 0.29) is 5.12 Å². The summed E-state index contributed by atoms with van der Waals surface area (Å²) >= 11 is 1.38. The monoisotopic (exact) mass is 194 g/mol. The van der Waals surface area contributed by atoms with Crippen molar-refractivity contribution in [3.63, 3.8) is 0 Å². The van der Waals surface area contributed by atoms with Crippen LogP contribution in [0.1, 0.15) is 19.8 Å². The first kappa shape index (κ1) is 10.3. The number of allylic oxidation sites excluding steroid dienone is 4. The first-order valence-electron chi connectivity index (χ1n) is 4.48. The van der Waals surface area contributed by atoms with Crippen LogP contribution in [0.2, 0.25) is 0 Å². The molecule has 0 N–H and O–H groups in total. The van der Waals surface area contributed by atoms with Crippen LogP contribution in [0.4, 0.5) is 0 Å². The van der Waals surface area contributed by atoms with Crippen LogP contribution in [-0.4, -0.2) is 10.9 Å². The number of hydrogen-bond acceptors (Lipinski definition) is 2. The summed E-state index contributed by atoms with van der Waals surface area (Å²) in [5, 5.41) is 0.224. The smallest absolute Gasteiger partial charge is 0.215 e. The SMILES string of the molecule is C/C=C/CSC(=O)C1=CC=CCC1. The number of carbonyl (C=O) groups excluding carboxylic acids is 1. The van der Waals surface area contributed by atoms with E-state index in [0.29, 0.717) is 0 Å². The maximum absolute atomic E-state index is 11.5. The van der Waals surface area contributed by atoms with Gasteiger partial charge in [0.15, 0.2) is 0 Å². The van der Waals surface area contributed by atoms with Gasteiger partial charge in [-0.05, 0) is 19.8 Å². The molecular weight excluding hydrogens is 180 g/mol. The zero-order valence-electron chi connectivity index (χ0n) is 7.82. The fraction of sp³-hybridized carbons (Fsp3) is 0.364. The molecular formula is C11H14OS. The van der Waals surface area contributed by atoms with Crippen molar-refractivity contribution in [1.82, 2.24) is 0 Å². The second-order valence-corrected chi connectivity index (χ2v) is 3.82. The summed E-state index contributed by atoms with van der Waals surface area (Å²) in [5.74, 6) is 0.788. The Bertz CT molecular complexity index is 261. The van der Waals surface area contributed by atoms with E-state index in [4.69, 9.17) is 0 Å². The summed E-state index contributed by atoms with van der Waals surface area (Å²) < 4.78 is 0. The lowest BCUT2D eigenvalue weighted by Crippen LogP contribution is -1.99. The molecule has 1 aliphatic rings. The lowest BCUT2D eigenvalue weighted by molar-refractivity contribution is -0.108. The van der Waals surface area contributed by atoms with Crippen LogP contribution in [-0.2, 0) is 4.79 Å². The summed E-state index contributed by atoms with van der Waals surface area (Å²) in [6, 6.07) is 0. The van der Waals surface area contributed by atoms with E-state index in [1.165, 1.54) is 11.8 Å². The van der Waals surface area contributed by atoms with Gasteiger partial charge in [0.1, 0.15) is 0 Å². The highest BCUT2D eigenvalue weighted by Crippen LogP contribution is 2.18. The van der Waals surface area contributed by atoms with Gasteiger partial charge >= 0.3 is 0 Å². The quantitative estimate of drug-likeness (QED) is 0.642. The zero-order valence-corrected chi connectivity index (χ0v) is 8.64. The molecule has 0 aromatic heterocycles. The van der Waals surface area contributed by atoms with Gasteiger partial charge in [0.25, 0.3) is 0 Å². The second-order valence-electron chi connectivity index (χ2n) is 2.83. The minimum absolute atomic E-state index is 0.224. The number of carbonyl (C=O) groups is 1. The first-order chi connectivity index (χ1) is 6.34. The van der Waals surface area contributed by atoms with E-state index in [9.17, 15) is 4.79 Å². The number of rotatable bonds is 3. The van der Waals surface area contributed by atoms with Crippen LogP contribution in [0.5, 0.6) is 0 Å². The van der Waals surface area contributed by atoms with Crippen LogP contribution in [0.25, 0.3) is 0 Å². The fourth-order valence-corrected chi connectivity index (χ4v) is 1.88. The van der Waals surface area contributed by atoms with Gasteiger partial charge in [0, 0.05) is 11.3 Å². The van der Waals surface area contributed by atoms with Crippen molar-refractivity contribution in [2.45, 2.75) is 19.8 Å². The maximum atomic E-state index is 11.5. The van der Waals surface area contributed by atoms with E-state index in [1.54, 1.807) is 0 Å². The van der Waals surface area contributed by atoms with E-state index < -0.39 is 0 Å². The molecule has 1 rings (SSSR count). The van der Waals surface area contributed by atoms with Gasteiger partial charge in [0.2, 0.25) is 5.12 Å². The van der Waals surface area contributed by atoms with E-state index in [1.807, 2.05) is 31.2 Å². The summed E-state index contributed by atoms with van der Waals surface area (Å²) in [4.78, 5) is 11.5. The highest BCUT2D eigenvalue weighted by atomic mass is 32.2. The molecule has 0 atom stereocenters.